The summed E-state index contributed by atoms with van der Waals surface area (Å²) in [6.45, 7) is 2.19. The molecule has 78 valence electrons. The number of carbonyl (C=O) groups is 1. The van der Waals surface area contributed by atoms with E-state index in [9.17, 15) is 4.79 Å². The molecule has 0 rings (SSSR count). The Labute approximate surface area is 89.8 Å². The number of rotatable bonds is 6. The second-order valence-electron chi connectivity index (χ2n) is 3.55. The van der Waals surface area contributed by atoms with Gasteiger partial charge in [-0.2, -0.15) is 0 Å². The third-order valence-corrected chi connectivity index (χ3v) is 2.87. The topological polar surface area (TPSA) is 20.3 Å². The van der Waals surface area contributed by atoms with E-state index in [4.69, 9.17) is 0 Å². The highest BCUT2D eigenvalue weighted by Crippen LogP contribution is 2.13. The summed E-state index contributed by atoms with van der Waals surface area (Å²) in [6, 6.07) is 0. The molecule has 0 heterocycles. The predicted molar refractivity (Wildman–Crippen MR) is 60.2 cm³/mol. The van der Waals surface area contributed by atoms with Gasteiger partial charge in [0.05, 0.1) is 4.83 Å². The molecule has 0 aliphatic rings. The fourth-order valence-electron chi connectivity index (χ4n) is 1.15. The number of alkyl halides is 1. The number of amides is 1. The molecule has 0 aromatic rings. The molecule has 3 heteroatoms. The zero-order valence-corrected chi connectivity index (χ0v) is 10.4. The minimum absolute atomic E-state index is 0.0133. The molecule has 0 spiro atoms. The number of hydrogen-bond donors (Lipinski definition) is 0. The van der Waals surface area contributed by atoms with Gasteiger partial charge in [-0.05, 0) is 6.42 Å². The van der Waals surface area contributed by atoms with Crippen molar-refractivity contribution in [1.82, 2.24) is 4.90 Å². The lowest BCUT2D eigenvalue weighted by molar-refractivity contribution is -0.128. The molecule has 2 nitrogen and oxygen atoms in total. The van der Waals surface area contributed by atoms with Crippen LogP contribution in [0, 0.1) is 0 Å². The van der Waals surface area contributed by atoms with Crippen LogP contribution in [-0.4, -0.2) is 29.7 Å². The van der Waals surface area contributed by atoms with E-state index in [0.717, 1.165) is 12.8 Å². The average Bonchev–Trinajstić information content (AvgIpc) is 2.10. The largest absolute Gasteiger partial charge is 0.348 e. The van der Waals surface area contributed by atoms with Gasteiger partial charge in [0.15, 0.2) is 0 Å². The Bertz CT molecular complexity index is 148. The number of nitrogens with zero attached hydrogens (tertiary/aromatic N) is 1. The van der Waals surface area contributed by atoms with Crippen LogP contribution in [0.25, 0.3) is 0 Å². The lowest BCUT2D eigenvalue weighted by atomic mass is 10.1. The van der Waals surface area contributed by atoms with Crippen molar-refractivity contribution in [2.24, 2.45) is 0 Å². The summed E-state index contributed by atoms with van der Waals surface area (Å²) in [4.78, 5) is 13.0. The maximum Gasteiger partial charge on any atom is 0.235 e. The number of carbonyl (C=O) groups excluding carboxylic acids is 1. The van der Waals surface area contributed by atoms with Crippen molar-refractivity contribution in [3.8, 4) is 0 Å². The lowest BCUT2D eigenvalue weighted by Crippen LogP contribution is -2.29. The molecular formula is C10H20BrNO. The average molecular weight is 250 g/mol. The molecule has 1 atom stereocenters. The first-order valence-corrected chi connectivity index (χ1v) is 5.86. The quantitative estimate of drug-likeness (QED) is 0.524. The minimum Gasteiger partial charge on any atom is -0.348 e. The molecule has 0 aliphatic carbocycles. The van der Waals surface area contributed by atoms with Crippen LogP contribution in [0.15, 0.2) is 0 Å². The maximum absolute atomic E-state index is 11.4. The Hall–Kier alpha value is -0.0500. The summed E-state index contributed by atoms with van der Waals surface area (Å²) >= 11 is 3.40. The minimum atomic E-state index is 0.0133. The highest BCUT2D eigenvalue weighted by Gasteiger charge is 2.15. The summed E-state index contributed by atoms with van der Waals surface area (Å²) in [5.41, 5.74) is 0. The fourth-order valence-corrected chi connectivity index (χ4v) is 1.89. The molecule has 0 bridgehead atoms. The van der Waals surface area contributed by atoms with Crippen LogP contribution in [0.1, 0.15) is 39.0 Å². The van der Waals surface area contributed by atoms with Gasteiger partial charge in [0.2, 0.25) is 5.91 Å². The summed E-state index contributed by atoms with van der Waals surface area (Å²) in [6.07, 6.45) is 5.85. The van der Waals surface area contributed by atoms with Crippen molar-refractivity contribution < 1.29 is 4.79 Å². The van der Waals surface area contributed by atoms with Crippen molar-refractivity contribution in [2.45, 2.75) is 43.9 Å². The normalized spacial score (nSPS) is 12.6. The first kappa shape index (κ1) is 12.9. The smallest absolute Gasteiger partial charge is 0.235 e. The number of unbranched alkanes of at least 4 members (excludes halogenated alkanes) is 3. The standard InChI is InChI=1S/C10H20BrNO/c1-4-5-6-7-8-9(11)10(13)12(2)3/h9H,4-8H2,1-3H3. The highest BCUT2D eigenvalue weighted by molar-refractivity contribution is 9.10. The highest BCUT2D eigenvalue weighted by atomic mass is 79.9. The Kier molecular flexibility index (Phi) is 7.33. The van der Waals surface area contributed by atoms with E-state index in [1.54, 1.807) is 19.0 Å². The van der Waals surface area contributed by atoms with E-state index in [1.165, 1.54) is 19.3 Å². The Morgan fingerprint density at radius 1 is 1.31 bits per heavy atom. The van der Waals surface area contributed by atoms with Crippen LogP contribution in [0.4, 0.5) is 0 Å². The van der Waals surface area contributed by atoms with E-state index < -0.39 is 0 Å². The number of hydrogen-bond acceptors (Lipinski definition) is 1. The molecule has 0 saturated heterocycles. The van der Waals surface area contributed by atoms with E-state index in [2.05, 4.69) is 22.9 Å². The van der Waals surface area contributed by atoms with Gasteiger partial charge in [0.25, 0.3) is 0 Å². The second kappa shape index (κ2) is 7.36. The van der Waals surface area contributed by atoms with Crippen molar-refractivity contribution in [3.05, 3.63) is 0 Å². The van der Waals surface area contributed by atoms with Crippen molar-refractivity contribution in [1.29, 1.82) is 0 Å². The summed E-state index contributed by atoms with van der Waals surface area (Å²) in [5, 5.41) is 0. The Morgan fingerprint density at radius 2 is 1.92 bits per heavy atom. The maximum atomic E-state index is 11.4. The van der Waals surface area contributed by atoms with E-state index >= 15 is 0 Å². The first-order chi connectivity index (χ1) is 6.09. The van der Waals surface area contributed by atoms with Crippen LogP contribution < -0.4 is 0 Å². The molecule has 0 fully saturated rings. The number of halogens is 1. The van der Waals surface area contributed by atoms with Crippen LogP contribution >= 0.6 is 15.9 Å². The van der Waals surface area contributed by atoms with Gasteiger partial charge in [-0.25, -0.2) is 0 Å². The van der Waals surface area contributed by atoms with Crippen molar-refractivity contribution in [3.63, 3.8) is 0 Å². The lowest BCUT2D eigenvalue weighted by Gasteiger charge is -2.14. The molecule has 0 saturated carbocycles. The molecule has 0 aromatic carbocycles. The van der Waals surface area contributed by atoms with Crippen LogP contribution in [0.3, 0.4) is 0 Å². The van der Waals surface area contributed by atoms with Crippen LogP contribution in [0.5, 0.6) is 0 Å². The molecule has 1 amide bonds. The van der Waals surface area contributed by atoms with E-state index in [1.807, 2.05) is 0 Å². The van der Waals surface area contributed by atoms with Gasteiger partial charge in [-0.3, -0.25) is 4.79 Å². The fraction of sp³-hybridized carbons (Fsp3) is 0.900. The third-order valence-electron chi connectivity index (χ3n) is 2.02. The summed E-state index contributed by atoms with van der Waals surface area (Å²) < 4.78 is 0. The molecule has 13 heavy (non-hydrogen) atoms. The molecule has 0 aliphatic heterocycles. The van der Waals surface area contributed by atoms with Gasteiger partial charge < -0.3 is 4.90 Å². The SMILES string of the molecule is CCCCCCC(Br)C(=O)N(C)C. The van der Waals surface area contributed by atoms with Gasteiger partial charge in [-0.15, -0.1) is 0 Å². The predicted octanol–water partition coefficient (Wildman–Crippen LogP) is 2.81. The Balaban J connectivity index is 3.50. The van der Waals surface area contributed by atoms with Crippen molar-refractivity contribution >= 4 is 21.8 Å². The monoisotopic (exact) mass is 249 g/mol. The molecule has 0 radical (unpaired) electrons. The Morgan fingerprint density at radius 3 is 2.38 bits per heavy atom. The summed E-state index contributed by atoms with van der Waals surface area (Å²) in [7, 11) is 3.59. The van der Waals surface area contributed by atoms with Crippen molar-refractivity contribution in [2.75, 3.05) is 14.1 Å². The molecule has 1 unspecified atom stereocenters. The molecular weight excluding hydrogens is 230 g/mol. The van der Waals surface area contributed by atoms with E-state index in [-0.39, 0.29) is 10.7 Å². The zero-order valence-electron chi connectivity index (χ0n) is 8.85. The molecule has 0 aromatic heterocycles. The molecule has 0 N–H and O–H groups in total. The van der Waals surface area contributed by atoms with Gasteiger partial charge in [0.1, 0.15) is 0 Å². The van der Waals surface area contributed by atoms with Gasteiger partial charge in [0, 0.05) is 14.1 Å². The van der Waals surface area contributed by atoms with Gasteiger partial charge >= 0.3 is 0 Å². The van der Waals surface area contributed by atoms with Crippen LogP contribution in [0.2, 0.25) is 0 Å². The van der Waals surface area contributed by atoms with Gasteiger partial charge in [-0.1, -0.05) is 48.5 Å². The zero-order chi connectivity index (χ0) is 10.3. The van der Waals surface area contributed by atoms with Crippen LogP contribution in [-0.2, 0) is 4.79 Å². The summed E-state index contributed by atoms with van der Waals surface area (Å²) in [5.74, 6) is 0.177. The second-order valence-corrected chi connectivity index (χ2v) is 4.65. The van der Waals surface area contributed by atoms with E-state index in [0.29, 0.717) is 0 Å². The first-order valence-electron chi connectivity index (χ1n) is 4.94. The third kappa shape index (κ3) is 6.08.